The Kier molecular flexibility index (Phi) is 4.82. The lowest BCUT2D eigenvalue weighted by atomic mass is 9.86. The quantitative estimate of drug-likeness (QED) is 0.241. The van der Waals surface area contributed by atoms with Gasteiger partial charge in [0.25, 0.3) is 5.69 Å². The summed E-state index contributed by atoms with van der Waals surface area (Å²) in [6.07, 6.45) is 3.69. The summed E-state index contributed by atoms with van der Waals surface area (Å²) in [6.45, 7) is 0. The maximum absolute atomic E-state index is 13.9. The van der Waals surface area contributed by atoms with Crippen LogP contribution in [0.1, 0.15) is 15.9 Å². The van der Waals surface area contributed by atoms with Crippen molar-refractivity contribution in [2.45, 2.75) is 12.1 Å². The summed E-state index contributed by atoms with van der Waals surface area (Å²) in [5, 5.41) is 11.3. The molecule has 3 heterocycles. The van der Waals surface area contributed by atoms with E-state index in [1.54, 1.807) is 4.90 Å². The van der Waals surface area contributed by atoms with Crippen molar-refractivity contribution in [3.8, 4) is 0 Å². The number of hydrogen-bond acceptors (Lipinski definition) is 6. The van der Waals surface area contributed by atoms with Crippen LogP contribution < -0.4 is 9.80 Å². The van der Waals surface area contributed by atoms with E-state index < -0.39 is 52.3 Å². The highest BCUT2D eigenvalue weighted by molar-refractivity contribution is 6.25. The van der Waals surface area contributed by atoms with Gasteiger partial charge in [-0.15, -0.1) is 0 Å². The van der Waals surface area contributed by atoms with Crippen molar-refractivity contribution in [3.05, 3.63) is 106 Å². The van der Waals surface area contributed by atoms with E-state index in [0.29, 0.717) is 5.69 Å². The van der Waals surface area contributed by atoms with E-state index in [4.69, 9.17) is 0 Å². The van der Waals surface area contributed by atoms with Crippen LogP contribution in [-0.4, -0.2) is 34.6 Å². The highest BCUT2D eigenvalue weighted by Gasteiger charge is 2.64. The highest BCUT2D eigenvalue weighted by Crippen LogP contribution is 2.49. The smallest absolute Gasteiger partial charge is 0.270 e. The first-order valence-electron chi connectivity index (χ1n) is 11.3. The largest absolute Gasteiger partial charge is 0.352 e. The number of fused-ring (bicyclic) bond motifs is 5. The molecule has 0 aromatic heterocycles. The molecule has 2 fully saturated rings. The standard InChI is InChI=1S/C27H18FN3O5/c28-17-9-11-18(12-10-17)29-26(33)22-21-13-8-15-4-1-2-7-20(15)30(21)24(23(22)27(29)34)25(32)16-5-3-6-19(14-16)31(35)36/h1-14,21-24H/t21-,22+,23-,24+/m1/s1. The van der Waals surface area contributed by atoms with Gasteiger partial charge in [0.2, 0.25) is 11.8 Å². The minimum atomic E-state index is -1.06. The first-order chi connectivity index (χ1) is 17.4. The minimum absolute atomic E-state index is 0.0844. The number of anilines is 2. The Morgan fingerprint density at radius 1 is 0.917 bits per heavy atom. The molecule has 178 valence electrons. The summed E-state index contributed by atoms with van der Waals surface area (Å²) in [5.74, 6) is -3.88. The van der Waals surface area contributed by atoms with Crippen LogP contribution in [0.15, 0.2) is 78.9 Å². The average molecular weight is 483 g/mol. The number of amides is 2. The third-order valence-electron chi connectivity index (χ3n) is 7.11. The van der Waals surface area contributed by atoms with E-state index in [1.807, 2.05) is 36.4 Å². The number of nitro benzene ring substituents is 1. The van der Waals surface area contributed by atoms with Gasteiger partial charge in [0, 0.05) is 23.4 Å². The molecule has 0 radical (unpaired) electrons. The summed E-state index contributed by atoms with van der Waals surface area (Å²) in [7, 11) is 0. The van der Waals surface area contributed by atoms with Crippen molar-refractivity contribution in [3.63, 3.8) is 0 Å². The van der Waals surface area contributed by atoms with Gasteiger partial charge in [-0.05, 0) is 35.9 Å². The Balaban J connectivity index is 1.49. The number of Topliss-reactive ketones (excluding diaryl/α,β-unsaturated/α-hetero) is 1. The Bertz CT molecular complexity index is 1480. The molecule has 2 saturated heterocycles. The zero-order valence-electron chi connectivity index (χ0n) is 18.7. The van der Waals surface area contributed by atoms with Gasteiger partial charge in [-0.25, -0.2) is 9.29 Å². The van der Waals surface area contributed by atoms with Gasteiger partial charge in [0.1, 0.15) is 11.9 Å². The molecule has 3 aromatic rings. The van der Waals surface area contributed by atoms with Gasteiger partial charge < -0.3 is 4.90 Å². The predicted octanol–water partition coefficient (Wildman–Crippen LogP) is 4.01. The molecule has 0 aliphatic carbocycles. The number of carbonyl (C=O) groups is 3. The molecule has 8 nitrogen and oxygen atoms in total. The number of nitrogens with zero attached hydrogens (tertiary/aromatic N) is 3. The molecule has 2 amide bonds. The van der Waals surface area contributed by atoms with Gasteiger partial charge in [0.05, 0.1) is 28.5 Å². The number of halogens is 1. The normalized spacial score (nSPS) is 23.9. The topological polar surface area (TPSA) is 101 Å². The fraction of sp³-hybridized carbons (Fsp3) is 0.148. The Morgan fingerprint density at radius 3 is 2.39 bits per heavy atom. The van der Waals surface area contributed by atoms with Crippen LogP contribution in [0.25, 0.3) is 6.08 Å². The maximum Gasteiger partial charge on any atom is 0.270 e. The van der Waals surface area contributed by atoms with Crippen LogP contribution in [0.4, 0.5) is 21.5 Å². The van der Waals surface area contributed by atoms with Gasteiger partial charge in [-0.1, -0.05) is 42.5 Å². The first-order valence-corrected chi connectivity index (χ1v) is 11.3. The molecular formula is C27H18FN3O5. The van der Waals surface area contributed by atoms with E-state index in [9.17, 15) is 28.9 Å². The molecule has 3 aliphatic rings. The fourth-order valence-electron chi connectivity index (χ4n) is 5.60. The SMILES string of the molecule is O=C(c1cccc([N+](=O)[O-])c1)[C@@H]1[C@@H]2C(=O)N(c3ccc(F)cc3)C(=O)[C@H]2[C@H]2C=Cc3ccccc3N21. The number of hydrogen-bond donors (Lipinski definition) is 0. The molecule has 0 N–H and O–H groups in total. The maximum atomic E-state index is 13.9. The Morgan fingerprint density at radius 2 is 1.64 bits per heavy atom. The second-order valence-corrected chi connectivity index (χ2v) is 8.97. The van der Waals surface area contributed by atoms with Crippen LogP contribution in [0.2, 0.25) is 0 Å². The number of benzene rings is 3. The zero-order chi connectivity index (χ0) is 25.1. The van der Waals surface area contributed by atoms with Crippen LogP contribution in [0.3, 0.4) is 0 Å². The molecule has 6 rings (SSSR count). The van der Waals surface area contributed by atoms with Crippen LogP contribution in [-0.2, 0) is 9.59 Å². The van der Waals surface area contributed by atoms with Crippen molar-refractivity contribution >= 4 is 40.7 Å². The third-order valence-corrected chi connectivity index (χ3v) is 7.11. The number of rotatable bonds is 4. The molecule has 36 heavy (non-hydrogen) atoms. The highest BCUT2D eigenvalue weighted by atomic mass is 19.1. The van der Waals surface area contributed by atoms with Crippen molar-refractivity contribution < 1.29 is 23.7 Å². The average Bonchev–Trinajstić information content (AvgIpc) is 3.37. The van der Waals surface area contributed by atoms with E-state index in [0.717, 1.165) is 10.5 Å². The van der Waals surface area contributed by atoms with Crippen LogP contribution >= 0.6 is 0 Å². The summed E-state index contributed by atoms with van der Waals surface area (Å²) in [6, 6.07) is 16.1. The van der Waals surface area contributed by atoms with Crippen LogP contribution in [0, 0.1) is 27.8 Å². The molecule has 4 atom stereocenters. The van der Waals surface area contributed by atoms with Crippen LogP contribution in [0.5, 0.6) is 0 Å². The molecule has 0 bridgehead atoms. The van der Waals surface area contributed by atoms with Crippen molar-refractivity contribution in [1.82, 2.24) is 0 Å². The molecule has 9 heteroatoms. The summed E-state index contributed by atoms with van der Waals surface area (Å²) >= 11 is 0. The predicted molar refractivity (Wildman–Crippen MR) is 129 cm³/mol. The minimum Gasteiger partial charge on any atom is -0.352 e. The lowest BCUT2D eigenvalue weighted by Crippen LogP contribution is -2.48. The molecular weight excluding hydrogens is 465 g/mol. The lowest BCUT2D eigenvalue weighted by molar-refractivity contribution is -0.384. The second-order valence-electron chi connectivity index (χ2n) is 8.97. The summed E-state index contributed by atoms with van der Waals surface area (Å²) < 4.78 is 13.5. The number of imide groups is 1. The summed E-state index contributed by atoms with van der Waals surface area (Å²) in [5.41, 5.74) is 1.61. The monoisotopic (exact) mass is 483 g/mol. The molecule has 3 aliphatic heterocycles. The summed E-state index contributed by atoms with van der Waals surface area (Å²) in [4.78, 5) is 54.9. The molecule has 0 spiro atoms. The Hall–Kier alpha value is -4.66. The number of para-hydroxylation sites is 1. The van der Waals surface area contributed by atoms with E-state index in [1.165, 1.54) is 48.5 Å². The number of non-ortho nitro benzene ring substituents is 1. The van der Waals surface area contributed by atoms with Gasteiger partial charge in [-0.3, -0.25) is 24.5 Å². The van der Waals surface area contributed by atoms with Crippen molar-refractivity contribution in [2.24, 2.45) is 11.8 Å². The van der Waals surface area contributed by atoms with E-state index >= 15 is 0 Å². The number of ketones is 1. The van der Waals surface area contributed by atoms with E-state index in [2.05, 4.69) is 0 Å². The molecule has 0 saturated carbocycles. The third kappa shape index (κ3) is 3.09. The first kappa shape index (κ1) is 21.8. The van der Waals surface area contributed by atoms with Gasteiger partial charge in [-0.2, -0.15) is 0 Å². The molecule has 0 unspecified atom stereocenters. The van der Waals surface area contributed by atoms with Crippen molar-refractivity contribution in [1.29, 1.82) is 0 Å². The van der Waals surface area contributed by atoms with Gasteiger partial charge in [0.15, 0.2) is 5.78 Å². The second kappa shape index (κ2) is 7.94. The Labute approximate surface area is 204 Å². The van der Waals surface area contributed by atoms with Gasteiger partial charge >= 0.3 is 0 Å². The number of nitro groups is 1. The van der Waals surface area contributed by atoms with E-state index in [-0.39, 0.29) is 16.9 Å². The fourth-order valence-corrected chi connectivity index (χ4v) is 5.60. The number of carbonyl (C=O) groups excluding carboxylic acids is 3. The molecule has 3 aromatic carbocycles. The lowest BCUT2D eigenvalue weighted by Gasteiger charge is -2.36. The van der Waals surface area contributed by atoms with Crippen molar-refractivity contribution in [2.75, 3.05) is 9.80 Å². The zero-order valence-corrected chi connectivity index (χ0v) is 18.7.